The quantitative estimate of drug-likeness (QED) is 0.475. The van der Waals surface area contributed by atoms with E-state index >= 15 is 0 Å². The number of esters is 2. The summed E-state index contributed by atoms with van der Waals surface area (Å²) in [6.07, 6.45) is -0.815. The maximum absolute atomic E-state index is 13.8. The number of carbonyl (C=O) groups is 2. The Morgan fingerprint density at radius 2 is 1.83 bits per heavy atom. The van der Waals surface area contributed by atoms with Gasteiger partial charge in [0.15, 0.2) is 18.0 Å². The van der Waals surface area contributed by atoms with E-state index in [-0.39, 0.29) is 30.6 Å². The Hall–Kier alpha value is -1.41. The first-order valence-corrected chi connectivity index (χ1v) is 11.0. The summed E-state index contributed by atoms with van der Waals surface area (Å²) in [4.78, 5) is 23.8. The van der Waals surface area contributed by atoms with E-state index < -0.39 is 57.2 Å². The van der Waals surface area contributed by atoms with Crippen LogP contribution in [0.4, 0.5) is 8.78 Å². The normalized spacial score (nSPS) is 46.9. The highest BCUT2D eigenvalue weighted by Gasteiger charge is 2.72. The minimum absolute atomic E-state index is 0.0497. The summed E-state index contributed by atoms with van der Waals surface area (Å²) in [5.74, 6) is -4.63. The molecule has 6 fully saturated rings. The highest BCUT2D eigenvalue weighted by Crippen LogP contribution is 2.65. The summed E-state index contributed by atoms with van der Waals surface area (Å²) in [6, 6.07) is 0. The SMILES string of the molecule is COC1C(=O)OC2OC3(OC21)C1CC2CC3CC(OC(=O)C(F)(F)S(=O)(=O)O)(C2)C1. The Kier molecular flexibility index (Phi) is 4.16. The van der Waals surface area contributed by atoms with Crippen LogP contribution in [0, 0.1) is 17.8 Å². The zero-order chi connectivity index (χ0) is 21.7. The summed E-state index contributed by atoms with van der Waals surface area (Å²) < 4.78 is 85.6. The molecule has 10 nitrogen and oxygen atoms in total. The van der Waals surface area contributed by atoms with Crippen molar-refractivity contribution in [3.63, 3.8) is 0 Å². The topological polar surface area (TPSA) is 135 Å². The molecular weight excluding hydrogens is 434 g/mol. The van der Waals surface area contributed by atoms with Crippen LogP contribution in [0.5, 0.6) is 0 Å². The summed E-state index contributed by atoms with van der Waals surface area (Å²) in [5.41, 5.74) is -1.30. The molecule has 1 N–H and O–H groups in total. The first-order valence-electron chi connectivity index (χ1n) is 9.58. The fraction of sp³-hybridized carbons (Fsp3) is 0.882. The molecule has 168 valence electrons. The Morgan fingerprint density at radius 3 is 2.40 bits per heavy atom. The van der Waals surface area contributed by atoms with Gasteiger partial charge < -0.3 is 23.7 Å². The van der Waals surface area contributed by atoms with Gasteiger partial charge in [-0.15, -0.1) is 0 Å². The Balaban J connectivity index is 1.39. The number of hydrogen-bond acceptors (Lipinski definition) is 9. The summed E-state index contributed by atoms with van der Waals surface area (Å²) in [6.45, 7) is 0. The molecule has 5 unspecified atom stereocenters. The fourth-order valence-corrected chi connectivity index (χ4v) is 6.36. The number of rotatable bonds is 4. The molecule has 6 rings (SSSR count). The van der Waals surface area contributed by atoms with Crippen molar-refractivity contribution >= 4 is 22.1 Å². The molecule has 4 aliphatic carbocycles. The number of halogens is 2. The molecule has 4 bridgehead atoms. The van der Waals surface area contributed by atoms with E-state index in [1.807, 2.05) is 0 Å². The van der Waals surface area contributed by atoms with E-state index in [0.717, 1.165) is 0 Å². The van der Waals surface area contributed by atoms with Crippen LogP contribution in [0.1, 0.15) is 32.1 Å². The van der Waals surface area contributed by atoms with Crippen molar-refractivity contribution in [2.24, 2.45) is 17.8 Å². The number of fused-ring (bicyclic) bond motifs is 1. The second-order valence-electron chi connectivity index (χ2n) is 8.79. The first-order chi connectivity index (χ1) is 13.9. The average molecular weight is 454 g/mol. The van der Waals surface area contributed by atoms with Gasteiger partial charge in [0.1, 0.15) is 5.60 Å². The third kappa shape index (κ3) is 2.62. The predicted octanol–water partition coefficient (Wildman–Crippen LogP) is 0.598. The molecule has 2 aliphatic heterocycles. The summed E-state index contributed by atoms with van der Waals surface area (Å²) in [5, 5.41) is -5.05. The Labute approximate surface area is 169 Å². The van der Waals surface area contributed by atoms with Gasteiger partial charge in [-0.2, -0.15) is 17.2 Å². The van der Waals surface area contributed by atoms with Crippen LogP contribution >= 0.6 is 0 Å². The third-order valence-electron chi connectivity index (χ3n) is 7.05. The van der Waals surface area contributed by atoms with Crippen molar-refractivity contribution in [3.8, 4) is 0 Å². The third-order valence-corrected chi connectivity index (χ3v) is 7.86. The average Bonchev–Trinajstić information content (AvgIpc) is 3.11. The number of carbonyl (C=O) groups excluding carboxylic acids is 2. The van der Waals surface area contributed by atoms with Crippen LogP contribution < -0.4 is 0 Å². The molecule has 6 aliphatic rings. The van der Waals surface area contributed by atoms with E-state index in [9.17, 15) is 26.8 Å². The molecule has 0 radical (unpaired) electrons. The van der Waals surface area contributed by atoms with Crippen LogP contribution in [-0.2, 0) is 43.4 Å². The first kappa shape index (κ1) is 20.5. The standard InChI is InChI=1S/C17H20F2O10S/c1-25-10-11-13(26-12(10)20)28-16(27-11)8-2-7-3-9(16)6-15(4-7,5-8)29-14(21)17(18,19)30(22,23)24/h7-11,13H,2-6H2,1H3,(H,22,23,24). The maximum Gasteiger partial charge on any atom is 0.465 e. The van der Waals surface area contributed by atoms with Crippen LogP contribution in [0.15, 0.2) is 0 Å². The highest BCUT2D eigenvalue weighted by molar-refractivity contribution is 7.87. The van der Waals surface area contributed by atoms with Crippen molar-refractivity contribution < 1.29 is 55.0 Å². The Bertz CT molecular complexity index is 888. The molecule has 0 amide bonds. The predicted molar refractivity (Wildman–Crippen MR) is 88.2 cm³/mol. The van der Waals surface area contributed by atoms with E-state index in [4.69, 9.17) is 28.2 Å². The second kappa shape index (κ2) is 6.09. The van der Waals surface area contributed by atoms with Gasteiger partial charge in [-0.1, -0.05) is 0 Å². The zero-order valence-corrected chi connectivity index (χ0v) is 16.6. The van der Waals surface area contributed by atoms with Crippen molar-refractivity contribution in [3.05, 3.63) is 0 Å². The van der Waals surface area contributed by atoms with Crippen LogP contribution in [0.2, 0.25) is 0 Å². The number of hydrogen-bond donors (Lipinski definition) is 1. The number of ether oxygens (including phenoxy) is 5. The van der Waals surface area contributed by atoms with Gasteiger partial charge in [0.25, 0.3) is 0 Å². The molecule has 13 heteroatoms. The van der Waals surface area contributed by atoms with Gasteiger partial charge in [0, 0.05) is 18.9 Å². The van der Waals surface area contributed by atoms with Crippen molar-refractivity contribution in [1.82, 2.24) is 0 Å². The van der Waals surface area contributed by atoms with Crippen LogP contribution in [0.3, 0.4) is 0 Å². The molecule has 5 atom stereocenters. The van der Waals surface area contributed by atoms with Gasteiger partial charge in [0.05, 0.1) is 0 Å². The smallest absolute Gasteiger partial charge is 0.454 e. The molecular formula is C17H20F2O10S. The minimum atomic E-state index is -5.95. The molecule has 30 heavy (non-hydrogen) atoms. The monoisotopic (exact) mass is 454 g/mol. The second-order valence-corrected chi connectivity index (χ2v) is 10.3. The van der Waals surface area contributed by atoms with Crippen LogP contribution in [0.25, 0.3) is 0 Å². The molecule has 1 spiro atoms. The van der Waals surface area contributed by atoms with Gasteiger partial charge in [-0.25, -0.2) is 9.59 Å². The zero-order valence-electron chi connectivity index (χ0n) is 15.8. The number of alkyl halides is 2. The van der Waals surface area contributed by atoms with E-state index in [1.54, 1.807) is 0 Å². The van der Waals surface area contributed by atoms with E-state index in [2.05, 4.69) is 0 Å². The molecule has 2 saturated heterocycles. The largest absolute Gasteiger partial charge is 0.465 e. The van der Waals surface area contributed by atoms with Crippen molar-refractivity contribution in [2.45, 2.75) is 67.2 Å². The van der Waals surface area contributed by atoms with Crippen LogP contribution in [-0.4, -0.2) is 67.2 Å². The summed E-state index contributed by atoms with van der Waals surface area (Å²) in [7, 11) is -4.60. The lowest BCUT2D eigenvalue weighted by atomic mass is 9.51. The lowest BCUT2D eigenvalue weighted by molar-refractivity contribution is -0.337. The Morgan fingerprint density at radius 1 is 1.20 bits per heavy atom. The fourth-order valence-electron chi connectivity index (χ4n) is 6.11. The molecule has 0 aromatic rings. The van der Waals surface area contributed by atoms with Gasteiger partial charge >= 0.3 is 27.3 Å². The maximum atomic E-state index is 13.8. The van der Waals surface area contributed by atoms with Gasteiger partial charge in [-0.3, -0.25) is 4.55 Å². The number of methoxy groups -OCH3 is 1. The van der Waals surface area contributed by atoms with Gasteiger partial charge in [-0.05, 0) is 38.0 Å². The highest BCUT2D eigenvalue weighted by atomic mass is 32.2. The molecule has 0 aromatic carbocycles. The molecule has 4 saturated carbocycles. The summed E-state index contributed by atoms with van der Waals surface area (Å²) >= 11 is 0. The van der Waals surface area contributed by atoms with E-state index in [0.29, 0.717) is 19.3 Å². The van der Waals surface area contributed by atoms with E-state index in [1.165, 1.54) is 7.11 Å². The lowest BCUT2D eigenvalue weighted by Crippen LogP contribution is -2.66. The van der Waals surface area contributed by atoms with Gasteiger partial charge in [0.2, 0.25) is 6.29 Å². The lowest BCUT2D eigenvalue weighted by Gasteiger charge is -2.62. The van der Waals surface area contributed by atoms with Crippen molar-refractivity contribution in [1.29, 1.82) is 0 Å². The van der Waals surface area contributed by atoms with Crippen molar-refractivity contribution in [2.75, 3.05) is 7.11 Å². The molecule has 2 heterocycles. The molecule has 0 aromatic heterocycles. The minimum Gasteiger partial charge on any atom is -0.454 e.